The summed E-state index contributed by atoms with van der Waals surface area (Å²) in [6.07, 6.45) is 0. The molecule has 4 rings (SSSR count). The third kappa shape index (κ3) is 3.89. The lowest BCUT2D eigenvalue weighted by molar-refractivity contribution is 0.0785. The van der Waals surface area contributed by atoms with Crippen LogP contribution in [0.3, 0.4) is 0 Å². The maximum atomic E-state index is 13.6. The Kier molecular flexibility index (Phi) is 5.61. The summed E-state index contributed by atoms with van der Waals surface area (Å²) in [7, 11) is 1.98. The molecule has 1 fully saturated rings. The zero-order chi connectivity index (χ0) is 20.4. The van der Waals surface area contributed by atoms with Gasteiger partial charge in [-0.1, -0.05) is 84.4 Å². The minimum Gasteiger partial charge on any atom is -0.298 e. The number of nitrogens with zero attached hydrogens (tertiary/aromatic N) is 1. The Labute approximate surface area is 175 Å². The van der Waals surface area contributed by atoms with Crippen LogP contribution in [0.4, 0.5) is 0 Å². The second-order valence-corrected chi connectivity index (χ2v) is 7.97. The van der Waals surface area contributed by atoms with E-state index in [1.54, 1.807) is 0 Å². The number of hydrogen-bond donors (Lipinski definition) is 0. The Bertz CT molecular complexity index is 1000. The van der Waals surface area contributed by atoms with Crippen molar-refractivity contribution in [1.29, 1.82) is 0 Å². The molecule has 0 radical (unpaired) electrons. The molecule has 0 bridgehead atoms. The Morgan fingerprint density at radius 3 is 1.86 bits per heavy atom. The fourth-order valence-corrected chi connectivity index (χ4v) is 4.46. The van der Waals surface area contributed by atoms with Gasteiger partial charge in [0.1, 0.15) is 0 Å². The van der Waals surface area contributed by atoms with Gasteiger partial charge in [0.05, 0.1) is 5.92 Å². The molecule has 146 valence electrons. The van der Waals surface area contributed by atoms with E-state index in [0.29, 0.717) is 22.7 Å². The summed E-state index contributed by atoms with van der Waals surface area (Å²) in [6.45, 7) is 0.532. The van der Waals surface area contributed by atoms with Gasteiger partial charge in [-0.3, -0.25) is 14.5 Å². The van der Waals surface area contributed by atoms with Crippen molar-refractivity contribution in [1.82, 2.24) is 4.90 Å². The SMILES string of the molecule is CN1C[C@@H](C(=O)c2ccccc2)[C@H](C(=O)c2ccccc2)[C@@H]1c1ccc(Cl)cc1. The lowest BCUT2D eigenvalue weighted by Crippen LogP contribution is -2.30. The molecule has 3 atom stereocenters. The minimum absolute atomic E-state index is 0.00387. The molecule has 1 aliphatic heterocycles. The molecular weight excluding hydrogens is 382 g/mol. The Hall–Kier alpha value is -2.75. The quantitative estimate of drug-likeness (QED) is 0.541. The van der Waals surface area contributed by atoms with Crippen molar-refractivity contribution >= 4 is 23.2 Å². The Balaban J connectivity index is 1.77. The van der Waals surface area contributed by atoms with E-state index < -0.39 is 11.8 Å². The maximum absolute atomic E-state index is 13.6. The third-order valence-electron chi connectivity index (χ3n) is 5.70. The minimum atomic E-state index is -0.462. The highest BCUT2D eigenvalue weighted by molar-refractivity contribution is 6.30. The predicted octanol–water partition coefficient (Wildman–Crippen LogP) is 5.32. The first kappa shape index (κ1) is 19.6. The van der Waals surface area contributed by atoms with Crippen LogP contribution in [0.2, 0.25) is 5.02 Å². The summed E-state index contributed by atoms with van der Waals surface area (Å²) in [6, 6.07) is 25.9. The maximum Gasteiger partial charge on any atom is 0.168 e. The molecule has 0 N–H and O–H groups in total. The summed E-state index contributed by atoms with van der Waals surface area (Å²) < 4.78 is 0. The molecule has 0 aromatic heterocycles. The molecule has 1 heterocycles. The number of carbonyl (C=O) groups is 2. The third-order valence-corrected chi connectivity index (χ3v) is 5.95. The number of rotatable bonds is 5. The molecule has 1 saturated heterocycles. The fourth-order valence-electron chi connectivity index (χ4n) is 4.34. The van der Waals surface area contributed by atoms with Crippen LogP contribution in [0.25, 0.3) is 0 Å². The van der Waals surface area contributed by atoms with E-state index >= 15 is 0 Å². The smallest absolute Gasteiger partial charge is 0.168 e. The molecule has 0 unspecified atom stereocenters. The molecule has 3 nitrogen and oxygen atoms in total. The van der Waals surface area contributed by atoms with E-state index in [-0.39, 0.29) is 17.6 Å². The van der Waals surface area contributed by atoms with Gasteiger partial charge >= 0.3 is 0 Å². The molecule has 0 saturated carbocycles. The van der Waals surface area contributed by atoms with Crippen LogP contribution in [-0.4, -0.2) is 30.1 Å². The number of halogens is 1. The van der Waals surface area contributed by atoms with E-state index in [2.05, 4.69) is 4.90 Å². The van der Waals surface area contributed by atoms with Crippen molar-refractivity contribution in [3.8, 4) is 0 Å². The zero-order valence-corrected chi connectivity index (χ0v) is 16.9. The molecule has 0 amide bonds. The highest BCUT2D eigenvalue weighted by Crippen LogP contribution is 2.43. The van der Waals surface area contributed by atoms with Crippen LogP contribution in [0.15, 0.2) is 84.9 Å². The van der Waals surface area contributed by atoms with Gasteiger partial charge in [-0.2, -0.15) is 0 Å². The summed E-state index contributed by atoms with van der Waals surface area (Å²) in [5.74, 6) is -0.848. The average Bonchev–Trinajstić information content (AvgIpc) is 3.11. The van der Waals surface area contributed by atoms with Gasteiger partial charge in [0.15, 0.2) is 11.6 Å². The van der Waals surface area contributed by atoms with E-state index in [9.17, 15) is 9.59 Å². The van der Waals surface area contributed by atoms with Crippen LogP contribution in [-0.2, 0) is 0 Å². The van der Waals surface area contributed by atoms with Crippen LogP contribution in [0, 0.1) is 11.8 Å². The van der Waals surface area contributed by atoms with E-state index in [4.69, 9.17) is 11.6 Å². The lowest BCUT2D eigenvalue weighted by Gasteiger charge is -2.26. The van der Waals surface area contributed by atoms with Crippen LogP contribution in [0.1, 0.15) is 32.3 Å². The number of carbonyl (C=O) groups excluding carboxylic acids is 2. The lowest BCUT2D eigenvalue weighted by atomic mass is 9.78. The van der Waals surface area contributed by atoms with Crippen molar-refractivity contribution in [2.24, 2.45) is 11.8 Å². The first-order chi connectivity index (χ1) is 14.1. The molecule has 4 heteroatoms. The first-order valence-corrected chi connectivity index (χ1v) is 10.1. The average molecular weight is 404 g/mol. The topological polar surface area (TPSA) is 37.4 Å². The molecule has 29 heavy (non-hydrogen) atoms. The number of benzene rings is 3. The number of hydrogen-bond acceptors (Lipinski definition) is 3. The van der Waals surface area contributed by atoms with Gasteiger partial charge in [0.2, 0.25) is 0 Å². The van der Waals surface area contributed by atoms with Crippen molar-refractivity contribution in [2.75, 3.05) is 13.6 Å². The van der Waals surface area contributed by atoms with Crippen LogP contribution in [0.5, 0.6) is 0 Å². The van der Waals surface area contributed by atoms with Crippen LogP contribution < -0.4 is 0 Å². The summed E-state index contributed by atoms with van der Waals surface area (Å²) in [5, 5.41) is 0.650. The van der Waals surface area contributed by atoms with Gasteiger partial charge in [-0.15, -0.1) is 0 Å². The normalized spacial score (nSPS) is 21.8. The van der Waals surface area contributed by atoms with Gasteiger partial charge in [-0.25, -0.2) is 0 Å². The standard InChI is InChI=1S/C25H22ClNO2/c1-27-16-21(24(28)18-8-4-2-5-9-18)22(25(29)19-10-6-3-7-11-19)23(27)17-12-14-20(26)15-13-17/h2-15,21-23H,16H2,1H3/t21-,22+,23+/m1/s1. The largest absolute Gasteiger partial charge is 0.298 e. The predicted molar refractivity (Wildman–Crippen MR) is 115 cm³/mol. The second kappa shape index (κ2) is 8.32. The van der Waals surface area contributed by atoms with E-state index in [1.807, 2.05) is 92.0 Å². The monoisotopic (exact) mass is 403 g/mol. The highest BCUT2D eigenvalue weighted by Gasteiger charge is 2.48. The zero-order valence-electron chi connectivity index (χ0n) is 16.2. The highest BCUT2D eigenvalue weighted by atomic mass is 35.5. The van der Waals surface area contributed by atoms with Gasteiger partial charge in [0, 0.05) is 34.7 Å². The van der Waals surface area contributed by atoms with Gasteiger partial charge < -0.3 is 0 Å². The Morgan fingerprint density at radius 1 is 0.793 bits per heavy atom. The van der Waals surface area contributed by atoms with Crippen molar-refractivity contribution in [3.63, 3.8) is 0 Å². The molecule has 0 aliphatic carbocycles. The summed E-state index contributed by atoms with van der Waals surface area (Å²) >= 11 is 6.07. The van der Waals surface area contributed by atoms with E-state index in [0.717, 1.165) is 5.56 Å². The first-order valence-electron chi connectivity index (χ1n) is 9.70. The number of Topliss-reactive ketones (excluding diaryl/α,β-unsaturated/α-hetero) is 2. The number of ketones is 2. The van der Waals surface area contributed by atoms with Crippen LogP contribution >= 0.6 is 11.6 Å². The van der Waals surface area contributed by atoms with Crippen molar-refractivity contribution < 1.29 is 9.59 Å². The summed E-state index contributed by atoms with van der Waals surface area (Å²) in [4.78, 5) is 29.1. The second-order valence-electron chi connectivity index (χ2n) is 7.53. The molecule has 3 aromatic rings. The Morgan fingerprint density at radius 2 is 1.31 bits per heavy atom. The van der Waals surface area contributed by atoms with E-state index in [1.165, 1.54) is 0 Å². The fraction of sp³-hybridized carbons (Fsp3) is 0.200. The number of likely N-dealkylation sites (tertiary alicyclic amines) is 1. The van der Waals surface area contributed by atoms with Crippen molar-refractivity contribution in [3.05, 3.63) is 107 Å². The molecular formula is C25H22ClNO2. The molecule has 0 spiro atoms. The van der Waals surface area contributed by atoms with Crippen molar-refractivity contribution in [2.45, 2.75) is 6.04 Å². The molecule has 1 aliphatic rings. The molecule has 3 aromatic carbocycles. The van der Waals surface area contributed by atoms with Gasteiger partial charge in [0.25, 0.3) is 0 Å². The summed E-state index contributed by atoms with van der Waals surface area (Å²) in [5.41, 5.74) is 2.28. The van der Waals surface area contributed by atoms with Gasteiger partial charge in [-0.05, 0) is 24.7 Å².